The maximum atomic E-state index is 9.69. The molecule has 1 aromatic rings. The molecule has 1 rings (SSSR count). The number of aliphatic hydroxyl groups is 1. The van der Waals surface area contributed by atoms with Crippen LogP contribution in [-0.2, 0) is 0 Å². The zero-order valence-corrected chi connectivity index (χ0v) is 9.87. The maximum Gasteiger partial charge on any atom is 0.122 e. The highest BCUT2D eigenvalue weighted by Crippen LogP contribution is 2.19. The summed E-state index contributed by atoms with van der Waals surface area (Å²) in [5, 5.41) is 10.3. The number of hydrogen-bond acceptors (Lipinski definition) is 2. The van der Waals surface area contributed by atoms with Gasteiger partial charge in [-0.3, -0.25) is 0 Å². The molecule has 1 N–H and O–H groups in total. The summed E-state index contributed by atoms with van der Waals surface area (Å²) in [5.41, 5.74) is 0. The summed E-state index contributed by atoms with van der Waals surface area (Å²) < 4.78 is 5.58. The van der Waals surface area contributed by atoms with E-state index < -0.39 is 6.10 Å². The number of halogens is 1. The first-order valence-electron chi connectivity index (χ1n) is 5.23. The lowest BCUT2D eigenvalue weighted by Crippen LogP contribution is -2.28. The lowest BCUT2D eigenvalue weighted by atomic mass is 10.1. The molecular weight excluding hydrogens is 212 g/mol. The Morgan fingerprint density at radius 2 is 2.20 bits per heavy atom. The minimum absolute atomic E-state index is 0.205. The Balaban J connectivity index is 2.54. The largest absolute Gasteiger partial charge is 0.488 e. The molecule has 0 amide bonds. The van der Waals surface area contributed by atoms with Crippen molar-refractivity contribution in [1.29, 1.82) is 0 Å². The van der Waals surface area contributed by atoms with Crippen LogP contribution in [0.5, 0.6) is 5.75 Å². The first-order valence-corrected chi connectivity index (χ1v) is 5.61. The molecule has 84 valence electrons. The average Bonchev–Trinajstić information content (AvgIpc) is 2.18. The van der Waals surface area contributed by atoms with Gasteiger partial charge >= 0.3 is 0 Å². The summed E-state index contributed by atoms with van der Waals surface area (Å²) in [5.74, 6) is 0.699. The fraction of sp³-hybridized carbons (Fsp3) is 0.500. The Labute approximate surface area is 95.8 Å². The standard InChI is InChI=1S/C12H17ClO2/c1-3-5-12(14)9(2)15-11-7-4-6-10(13)8-11/h4,6-9,12,14H,3,5H2,1-2H3. The van der Waals surface area contributed by atoms with Gasteiger partial charge in [-0.05, 0) is 31.5 Å². The highest BCUT2D eigenvalue weighted by molar-refractivity contribution is 6.30. The van der Waals surface area contributed by atoms with Crippen LogP contribution in [0.3, 0.4) is 0 Å². The smallest absolute Gasteiger partial charge is 0.122 e. The number of ether oxygens (including phenoxy) is 1. The fourth-order valence-corrected chi connectivity index (χ4v) is 1.54. The zero-order chi connectivity index (χ0) is 11.3. The molecule has 0 radical (unpaired) electrons. The van der Waals surface area contributed by atoms with Gasteiger partial charge in [0.1, 0.15) is 11.9 Å². The Bertz CT molecular complexity index is 301. The van der Waals surface area contributed by atoms with E-state index in [4.69, 9.17) is 16.3 Å². The molecule has 15 heavy (non-hydrogen) atoms. The Morgan fingerprint density at radius 1 is 1.47 bits per heavy atom. The first kappa shape index (κ1) is 12.3. The monoisotopic (exact) mass is 228 g/mol. The maximum absolute atomic E-state index is 9.69. The highest BCUT2D eigenvalue weighted by Gasteiger charge is 2.14. The van der Waals surface area contributed by atoms with E-state index in [1.807, 2.05) is 26.0 Å². The van der Waals surface area contributed by atoms with Crippen molar-refractivity contribution >= 4 is 11.6 Å². The van der Waals surface area contributed by atoms with Crippen LogP contribution >= 0.6 is 11.6 Å². The van der Waals surface area contributed by atoms with Crippen molar-refractivity contribution in [2.45, 2.75) is 38.9 Å². The minimum atomic E-state index is -0.422. The molecule has 0 saturated heterocycles. The Kier molecular flexibility index (Phi) is 4.92. The summed E-state index contributed by atoms with van der Waals surface area (Å²) in [4.78, 5) is 0. The van der Waals surface area contributed by atoms with Gasteiger partial charge in [0.15, 0.2) is 0 Å². The van der Waals surface area contributed by atoms with E-state index >= 15 is 0 Å². The number of aliphatic hydroxyl groups excluding tert-OH is 1. The van der Waals surface area contributed by atoms with E-state index in [9.17, 15) is 5.11 Å². The van der Waals surface area contributed by atoms with E-state index in [1.54, 1.807) is 12.1 Å². The molecule has 0 aliphatic rings. The van der Waals surface area contributed by atoms with E-state index in [0.29, 0.717) is 10.8 Å². The third-order valence-corrected chi connectivity index (χ3v) is 2.48. The summed E-state index contributed by atoms with van der Waals surface area (Å²) in [7, 11) is 0. The molecule has 0 heterocycles. The van der Waals surface area contributed by atoms with Crippen molar-refractivity contribution in [2.75, 3.05) is 0 Å². The van der Waals surface area contributed by atoms with E-state index in [0.717, 1.165) is 12.8 Å². The van der Waals surface area contributed by atoms with Crippen LogP contribution in [0.2, 0.25) is 5.02 Å². The van der Waals surface area contributed by atoms with E-state index in [2.05, 4.69) is 0 Å². The number of rotatable bonds is 5. The van der Waals surface area contributed by atoms with E-state index in [-0.39, 0.29) is 6.10 Å². The van der Waals surface area contributed by atoms with Gasteiger partial charge in [0, 0.05) is 5.02 Å². The summed E-state index contributed by atoms with van der Waals surface area (Å²) in [6.07, 6.45) is 1.07. The minimum Gasteiger partial charge on any atom is -0.488 e. The average molecular weight is 229 g/mol. The fourth-order valence-electron chi connectivity index (χ4n) is 1.36. The molecule has 3 heteroatoms. The molecule has 0 aliphatic heterocycles. The molecule has 0 fully saturated rings. The second kappa shape index (κ2) is 5.99. The van der Waals surface area contributed by atoms with Crippen LogP contribution in [0.4, 0.5) is 0 Å². The zero-order valence-electron chi connectivity index (χ0n) is 9.11. The van der Waals surface area contributed by atoms with Gasteiger partial charge < -0.3 is 9.84 Å². The molecule has 0 aliphatic carbocycles. The molecule has 2 atom stereocenters. The van der Waals surface area contributed by atoms with Gasteiger partial charge in [0.2, 0.25) is 0 Å². The summed E-state index contributed by atoms with van der Waals surface area (Å²) in [6, 6.07) is 7.20. The van der Waals surface area contributed by atoms with E-state index in [1.165, 1.54) is 0 Å². The first-order chi connectivity index (χ1) is 7.13. The SMILES string of the molecule is CCCC(O)C(C)Oc1cccc(Cl)c1. The predicted octanol–water partition coefficient (Wildman–Crippen LogP) is 3.27. The van der Waals surface area contributed by atoms with Gasteiger partial charge in [-0.15, -0.1) is 0 Å². The van der Waals surface area contributed by atoms with Crippen molar-refractivity contribution in [2.24, 2.45) is 0 Å². The summed E-state index contributed by atoms with van der Waals surface area (Å²) >= 11 is 5.83. The molecule has 2 unspecified atom stereocenters. The molecule has 2 nitrogen and oxygen atoms in total. The molecule has 0 saturated carbocycles. The Morgan fingerprint density at radius 3 is 2.80 bits per heavy atom. The van der Waals surface area contributed by atoms with Gasteiger partial charge in [0.25, 0.3) is 0 Å². The molecular formula is C12H17ClO2. The van der Waals surface area contributed by atoms with Crippen molar-refractivity contribution in [3.63, 3.8) is 0 Å². The van der Waals surface area contributed by atoms with Crippen LogP contribution in [-0.4, -0.2) is 17.3 Å². The van der Waals surface area contributed by atoms with Crippen molar-refractivity contribution in [3.05, 3.63) is 29.3 Å². The van der Waals surface area contributed by atoms with Crippen LogP contribution in [0, 0.1) is 0 Å². The van der Waals surface area contributed by atoms with Crippen molar-refractivity contribution in [1.82, 2.24) is 0 Å². The second-order valence-corrected chi connectivity index (χ2v) is 4.07. The third kappa shape index (κ3) is 4.10. The normalized spacial score (nSPS) is 14.7. The molecule has 0 bridgehead atoms. The van der Waals surface area contributed by atoms with Crippen LogP contribution in [0.15, 0.2) is 24.3 Å². The van der Waals surface area contributed by atoms with Crippen LogP contribution < -0.4 is 4.74 Å². The van der Waals surface area contributed by atoms with Gasteiger partial charge in [-0.2, -0.15) is 0 Å². The van der Waals surface area contributed by atoms with Crippen LogP contribution in [0.1, 0.15) is 26.7 Å². The molecule has 0 aromatic heterocycles. The third-order valence-electron chi connectivity index (χ3n) is 2.24. The van der Waals surface area contributed by atoms with Gasteiger partial charge in [-0.1, -0.05) is 31.0 Å². The summed E-state index contributed by atoms with van der Waals surface area (Å²) in [6.45, 7) is 3.90. The van der Waals surface area contributed by atoms with Crippen LogP contribution in [0.25, 0.3) is 0 Å². The highest BCUT2D eigenvalue weighted by atomic mass is 35.5. The quantitative estimate of drug-likeness (QED) is 0.838. The van der Waals surface area contributed by atoms with Gasteiger partial charge in [-0.25, -0.2) is 0 Å². The lowest BCUT2D eigenvalue weighted by molar-refractivity contribution is 0.0413. The number of hydrogen-bond donors (Lipinski definition) is 1. The molecule has 1 aromatic carbocycles. The lowest BCUT2D eigenvalue weighted by Gasteiger charge is -2.20. The predicted molar refractivity (Wildman–Crippen MR) is 62.5 cm³/mol. The second-order valence-electron chi connectivity index (χ2n) is 3.64. The topological polar surface area (TPSA) is 29.5 Å². The molecule has 0 spiro atoms. The van der Waals surface area contributed by atoms with Crippen molar-refractivity contribution < 1.29 is 9.84 Å². The number of benzene rings is 1. The van der Waals surface area contributed by atoms with Gasteiger partial charge in [0.05, 0.1) is 6.10 Å². The Hall–Kier alpha value is -0.730. The van der Waals surface area contributed by atoms with Crippen molar-refractivity contribution in [3.8, 4) is 5.75 Å².